The summed E-state index contributed by atoms with van der Waals surface area (Å²) in [5.41, 5.74) is 3.91. The predicted molar refractivity (Wildman–Crippen MR) is 129 cm³/mol. The molecule has 5 rings (SSSR count). The standard InChI is InChI=1S/C27H23N3O3/c1-33-21-13-9-17(10-14-21)25-16-23(22-7-2-3-8-24(22)30-25)27(32)29-20-6-4-5-18(15-20)26(31)28-19-11-12-19/h2-10,13-16,19H,11-12H2,1H3,(H,28,31)(H,29,32). The molecule has 1 aliphatic rings. The van der Waals surface area contributed by atoms with Crippen molar-refractivity contribution in [3.05, 3.63) is 90.0 Å². The number of pyridine rings is 1. The van der Waals surface area contributed by atoms with Crippen LogP contribution in [0.4, 0.5) is 5.69 Å². The Morgan fingerprint density at radius 3 is 2.45 bits per heavy atom. The fraction of sp³-hybridized carbons (Fsp3) is 0.148. The summed E-state index contributed by atoms with van der Waals surface area (Å²) in [6.45, 7) is 0. The van der Waals surface area contributed by atoms with E-state index in [4.69, 9.17) is 9.72 Å². The fourth-order valence-corrected chi connectivity index (χ4v) is 3.71. The first-order valence-corrected chi connectivity index (χ1v) is 10.9. The van der Waals surface area contributed by atoms with Crippen LogP contribution in [0.1, 0.15) is 33.6 Å². The zero-order chi connectivity index (χ0) is 22.8. The third kappa shape index (κ3) is 4.55. The molecule has 1 heterocycles. The molecule has 0 aliphatic heterocycles. The van der Waals surface area contributed by atoms with Crippen molar-refractivity contribution in [2.75, 3.05) is 12.4 Å². The van der Waals surface area contributed by atoms with Crippen molar-refractivity contribution in [3.63, 3.8) is 0 Å². The fourth-order valence-electron chi connectivity index (χ4n) is 3.71. The molecule has 0 bridgehead atoms. The van der Waals surface area contributed by atoms with Gasteiger partial charge in [0.2, 0.25) is 0 Å². The lowest BCUT2D eigenvalue weighted by Gasteiger charge is -2.12. The lowest BCUT2D eigenvalue weighted by molar-refractivity contribution is 0.0949. The highest BCUT2D eigenvalue weighted by Gasteiger charge is 2.24. The van der Waals surface area contributed by atoms with E-state index in [1.165, 1.54) is 0 Å². The minimum Gasteiger partial charge on any atom is -0.497 e. The molecule has 0 saturated heterocycles. The van der Waals surface area contributed by atoms with Gasteiger partial charge in [0.05, 0.1) is 23.9 Å². The molecule has 0 radical (unpaired) electrons. The first kappa shape index (κ1) is 20.7. The summed E-state index contributed by atoms with van der Waals surface area (Å²) in [5, 5.41) is 6.68. The largest absolute Gasteiger partial charge is 0.497 e. The zero-order valence-corrected chi connectivity index (χ0v) is 18.2. The van der Waals surface area contributed by atoms with Crippen LogP contribution in [0.2, 0.25) is 0 Å². The van der Waals surface area contributed by atoms with Gasteiger partial charge in [0.25, 0.3) is 11.8 Å². The molecule has 6 heteroatoms. The number of carbonyl (C=O) groups is 2. The maximum absolute atomic E-state index is 13.3. The van der Waals surface area contributed by atoms with Crippen LogP contribution in [-0.2, 0) is 0 Å². The summed E-state index contributed by atoms with van der Waals surface area (Å²) in [7, 11) is 1.62. The molecule has 0 spiro atoms. The molecular weight excluding hydrogens is 414 g/mol. The minimum atomic E-state index is -0.261. The van der Waals surface area contributed by atoms with Gasteiger partial charge in [0, 0.05) is 28.2 Å². The van der Waals surface area contributed by atoms with Crippen LogP contribution in [0.15, 0.2) is 78.9 Å². The summed E-state index contributed by atoms with van der Waals surface area (Å²) >= 11 is 0. The second-order valence-electron chi connectivity index (χ2n) is 8.08. The minimum absolute atomic E-state index is 0.121. The Kier molecular flexibility index (Phi) is 5.48. The molecule has 1 fully saturated rings. The topological polar surface area (TPSA) is 80.3 Å². The number of benzene rings is 3. The third-order valence-corrected chi connectivity index (χ3v) is 5.64. The number of rotatable bonds is 6. The molecule has 4 aromatic rings. The van der Waals surface area contributed by atoms with Gasteiger partial charge >= 0.3 is 0 Å². The van der Waals surface area contributed by atoms with Crippen LogP contribution in [0, 0.1) is 0 Å². The zero-order valence-electron chi connectivity index (χ0n) is 18.2. The van der Waals surface area contributed by atoms with Crippen LogP contribution >= 0.6 is 0 Å². The van der Waals surface area contributed by atoms with E-state index in [1.54, 1.807) is 37.4 Å². The average molecular weight is 437 g/mol. The number of hydrogen-bond acceptors (Lipinski definition) is 4. The SMILES string of the molecule is COc1ccc(-c2cc(C(=O)Nc3cccc(C(=O)NC4CC4)c3)c3ccccc3n2)cc1. The summed E-state index contributed by atoms with van der Waals surface area (Å²) in [4.78, 5) is 30.5. The van der Waals surface area contributed by atoms with E-state index in [0.717, 1.165) is 35.1 Å². The van der Waals surface area contributed by atoms with Gasteiger partial charge in [-0.25, -0.2) is 4.98 Å². The highest BCUT2D eigenvalue weighted by Crippen LogP contribution is 2.27. The molecule has 3 aromatic carbocycles. The summed E-state index contributed by atoms with van der Waals surface area (Å²) in [6.07, 6.45) is 2.04. The highest BCUT2D eigenvalue weighted by atomic mass is 16.5. The monoisotopic (exact) mass is 437 g/mol. The summed E-state index contributed by atoms with van der Waals surface area (Å²) in [5.74, 6) is 0.371. The Labute approximate surface area is 191 Å². The number of anilines is 1. The van der Waals surface area contributed by atoms with Crippen LogP contribution in [0.5, 0.6) is 5.75 Å². The summed E-state index contributed by atoms with van der Waals surface area (Å²) < 4.78 is 5.24. The predicted octanol–water partition coefficient (Wildman–Crippen LogP) is 5.05. The quantitative estimate of drug-likeness (QED) is 0.442. The number of nitrogens with one attached hydrogen (secondary N) is 2. The smallest absolute Gasteiger partial charge is 0.256 e. The van der Waals surface area contributed by atoms with E-state index in [2.05, 4.69) is 10.6 Å². The van der Waals surface area contributed by atoms with E-state index < -0.39 is 0 Å². The number of nitrogens with zero attached hydrogens (tertiary/aromatic N) is 1. The van der Waals surface area contributed by atoms with Gasteiger partial charge in [-0.1, -0.05) is 24.3 Å². The molecule has 1 aromatic heterocycles. The second kappa shape index (κ2) is 8.74. The molecule has 1 aliphatic carbocycles. The van der Waals surface area contributed by atoms with Gasteiger partial charge in [-0.2, -0.15) is 0 Å². The maximum Gasteiger partial charge on any atom is 0.256 e. The Balaban J connectivity index is 1.47. The van der Waals surface area contributed by atoms with E-state index in [0.29, 0.717) is 22.5 Å². The Bertz CT molecular complexity index is 1340. The van der Waals surface area contributed by atoms with Gasteiger partial charge in [0.15, 0.2) is 0 Å². The first-order valence-electron chi connectivity index (χ1n) is 10.9. The first-order chi connectivity index (χ1) is 16.1. The normalized spacial score (nSPS) is 12.9. The molecule has 0 unspecified atom stereocenters. The van der Waals surface area contributed by atoms with Gasteiger partial charge in [0.1, 0.15) is 5.75 Å². The van der Waals surface area contributed by atoms with Crippen LogP contribution in [-0.4, -0.2) is 29.9 Å². The number of aromatic nitrogens is 1. The van der Waals surface area contributed by atoms with Crippen molar-refractivity contribution >= 4 is 28.4 Å². The van der Waals surface area contributed by atoms with Crippen molar-refractivity contribution in [2.45, 2.75) is 18.9 Å². The number of para-hydroxylation sites is 1. The highest BCUT2D eigenvalue weighted by molar-refractivity contribution is 6.13. The van der Waals surface area contributed by atoms with Crippen LogP contribution in [0.25, 0.3) is 22.2 Å². The van der Waals surface area contributed by atoms with E-state index in [-0.39, 0.29) is 17.9 Å². The van der Waals surface area contributed by atoms with Gasteiger partial charge in [-0.05, 0) is 67.4 Å². The van der Waals surface area contributed by atoms with Crippen molar-refractivity contribution in [3.8, 4) is 17.0 Å². The Morgan fingerprint density at radius 2 is 1.70 bits per heavy atom. The second-order valence-corrected chi connectivity index (χ2v) is 8.08. The number of ether oxygens (including phenoxy) is 1. The lowest BCUT2D eigenvalue weighted by atomic mass is 10.0. The van der Waals surface area contributed by atoms with Gasteiger partial charge in [-0.15, -0.1) is 0 Å². The molecule has 6 nitrogen and oxygen atoms in total. The molecule has 2 N–H and O–H groups in total. The number of fused-ring (bicyclic) bond motifs is 1. The summed E-state index contributed by atoms with van der Waals surface area (Å²) in [6, 6.07) is 24.2. The van der Waals surface area contributed by atoms with E-state index in [1.807, 2.05) is 48.5 Å². The number of amides is 2. The molecular formula is C27H23N3O3. The number of carbonyl (C=O) groups excluding carboxylic acids is 2. The molecule has 164 valence electrons. The molecule has 2 amide bonds. The van der Waals surface area contributed by atoms with Crippen molar-refractivity contribution in [2.24, 2.45) is 0 Å². The number of hydrogen-bond donors (Lipinski definition) is 2. The lowest BCUT2D eigenvalue weighted by Crippen LogP contribution is -2.25. The maximum atomic E-state index is 13.3. The van der Waals surface area contributed by atoms with Crippen molar-refractivity contribution in [1.29, 1.82) is 0 Å². The van der Waals surface area contributed by atoms with E-state index in [9.17, 15) is 9.59 Å². The Morgan fingerprint density at radius 1 is 0.909 bits per heavy atom. The number of methoxy groups -OCH3 is 1. The average Bonchev–Trinajstić information content (AvgIpc) is 3.67. The van der Waals surface area contributed by atoms with Gasteiger partial charge < -0.3 is 15.4 Å². The Hall–Kier alpha value is -4.19. The van der Waals surface area contributed by atoms with Crippen molar-refractivity contribution < 1.29 is 14.3 Å². The third-order valence-electron chi connectivity index (χ3n) is 5.64. The van der Waals surface area contributed by atoms with E-state index >= 15 is 0 Å². The molecule has 1 saturated carbocycles. The van der Waals surface area contributed by atoms with Crippen LogP contribution in [0.3, 0.4) is 0 Å². The molecule has 33 heavy (non-hydrogen) atoms. The van der Waals surface area contributed by atoms with Crippen molar-refractivity contribution in [1.82, 2.24) is 10.3 Å². The van der Waals surface area contributed by atoms with Crippen LogP contribution < -0.4 is 15.4 Å². The molecule has 0 atom stereocenters. The van der Waals surface area contributed by atoms with Gasteiger partial charge in [-0.3, -0.25) is 9.59 Å².